The summed E-state index contributed by atoms with van der Waals surface area (Å²) in [6.45, 7) is 0.169. The topological polar surface area (TPSA) is 237 Å². The number of aliphatic hydroxyl groups is 2. The van der Waals surface area contributed by atoms with E-state index >= 15 is 0 Å². The molecule has 8 N–H and O–H groups in total. The standard InChI is InChI=1S/C42H57N5O10S/c1-43-25-45-29(37(52)53)9-10-31(49)46-30(35(50)47-36(51)38(54)55)24-58-42-18-17-40(13-3-2-4-14-41(42)15-5-6-16-41)23-27(22-26-11-19-44-20-12-26)28(8-7-21-48)32-33(40)34(42)57-39(32)56/h11-12,17-20,29-30,32,36,43,45,48,51H,2-10,13-16,21-25H2,1H3,(H,46,49)(H,47,50)(H,52,53)(H,54,55). The number of carbonyl (C=O) groups excluding carboxylic acids is 3. The number of thioether (sulfide) groups is 1. The van der Waals surface area contributed by atoms with Crippen LogP contribution in [0.1, 0.15) is 95.5 Å². The minimum Gasteiger partial charge on any atom is -0.480 e. The third kappa shape index (κ3) is 8.91. The smallest absolute Gasteiger partial charge is 0.353 e. The predicted octanol–water partition coefficient (Wildman–Crippen LogP) is 3.08. The number of aliphatic hydroxyl groups excluding tert-OH is 2. The van der Waals surface area contributed by atoms with Crippen LogP contribution < -0.4 is 21.3 Å². The molecule has 58 heavy (non-hydrogen) atoms. The number of hydrogen-bond acceptors (Lipinski definition) is 12. The molecular formula is C42H57N5O10S. The highest BCUT2D eigenvalue weighted by Crippen LogP contribution is 2.68. The van der Waals surface area contributed by atoms with Crippen molar-refractivity contribution >= 4 is 41.5 Å². The van der Waals surface area contributed by atoms with Gasteiger partial charge in [-0.25, -0.2) is 4.79 Å². The quantitative estimate of drug-likeness (QED) is 0.0569. The number of esters is 1. The van der Waals surface area contributed by atoms with Crippen LogP contribution in [-0.4, -0.2) is 104 Å². The molecule has 0 saturated heterocycles. The number of nitrogens with one attached hydrogen (secondary N) is 4. The number of carboxylic acid groups (broad SMARTS) is 2. The van der Waals surface area contributed by atoms with E-state index in [1.54, 1.807) is 19.4 Å². The number of aromatic nitrogens is 1. The lowest BCUT2D eigenvalue weighted by Crippen LogP contribution is -2.54. The van der Waals surface area contributed by atoms with Crippen LogP contribution in [0.3, 0.4) is 0 Å². The van der Waals surface area contributed by atoms with E-state index in [2.05, 4.69) is 38.4 Å². The molecule has 1 aliphatic heterocycles. The highest BCUT2D eigenvalue weighted by molar-refractivity contribution is 8.01. The van der Waals surface area contributed by atoms with Crippen molar-refractivity contribution in [3.05, 3.63) is 64.7 Å². The van der Waals surface area contributed by atoms with Gasteiger partial charge in [-0.1, -0.05) is 55.4 Å². The lowest BCUT2D eigenvalue weighted by atomic mass is 9.55. The second-order valence-electron chi connectivity index (χ2n) is 16.4. The van der Waals surface area contributed by atoms with Gasteiger partial charge < -0.3 is 41.1 Å². The van der Waals surface area contributed by atoms with E-state index in [-0.39, 0.29) is 43.3 Å². The number of aliphatic carboxylic acids is 2. The maximum Gasteiger partial charge on any atom is 0.353 e. The molecule has 0 aromatic carbocycles. The Morgan fingerprint density at radius 3 is 2.34 bits per heavy atom. The number of carboxylic acids is 2. The molecule has 6 unspecified atom stereocenters. The molecule has 4 aliphatic carbocycles. The lowest BCUT2D eigenvalue weighted by Gasteiger charge is -2.53. The number of nitrogens with zero attached hydrogens (tertiary/aromatic N) is 1. The summed E-state index contributed by atoms with van der Waals surface area (Å²) >= 11 is 1.40. The van der Waals surface area contributed by atoms with Crippen LogP contribution in [0, 0.1) is 16.7 Å². The summed E-state index contributed by atoms with van der Waals surface area (Å²) < 4.78 is 5.70. The molecular weight excluding hydrogens is 767 g/mol. The monoisotopic (exact) mass is 823 g/mol. The van der Waals surface area contributed by atoms with Crippen LogP contribution >= 0.6 is 11.8 Å². The molecule has 1 saturated carbocycles. The average molecular weight is 824 g/mol. The van der Waals surface area contributed by atoms with Crippen molar-refractivity contribution in [1.29, 1.82) is 0 Å². The van der Waals surface area contributed by atoms with Crippen molar-refractivity contribution in [2.45, 2.75) is 119 Å². The molecule has 2 heterocycles. The van der Waals surface area contributed by atoms with Crippen molar-refractivity contribution in [2.75, 3.05) is 26.1 Å². The Morgan fingerprint density at radius 2 is 1.67 bits per heavy atom. The van der Waals surface area contributed by atoms with Crippen LogP contribution in [0.25, 0.3) is 0 Å². The van der Waals surface area contributed by atoms with Crippen molar-refractivity contribution in [2.24, 2.45) is 16.7 Å². The number of fused-ring (bicyclic) bond motifs is 3. The zero-order valence-corrected chi connectivity index (χ0v) is 33.9. The average Bonchev–Trinajstić information content (AvgIpc) is 3.83. The third-order valence-corrected chi connectivity index (χ3v) is 14.5. The molecule has 2 spiro atoms. The maximum absolute atomic E-state index is 14.5. The van der Waals surface area contributed by atoms with Gasteiger partial charge in [0.25, 0.3) is 0 Å². The molecule has 15 nitrogen and oxygen atoms in total. The maximum atomic E-state index is 14.5. The van der Waals surface area contributed by atoms with Crippen LogP contribution in [-0.2, 0) is 35.1 Å². The number of allylic oxidation sites excluding steroid dienone is 2. The molecule has 6 atom stereocenters. The fourth-order valence-corrected chi connectivity index (χ4v) is 11.8. The summed E-state index contributed by atoms with van der Waals surface area (Å²) in [4.78, 5) is 69.3. The second-order valence-corrected chi connectivity index (χ2v) is 17.6. The van der Waals surface area contributed by atoms with Gasteiger partial charge in [0.2, 0.25) is 18.0 Å². The van der Waals surface area contributed by atoms with E-state index in [9.17, 15) is 44.4 Å². The molecule has 16 heteroatoms. The Morgan fingerprint density at radius 1 is 0.966 bits per heavy atom. The number of amides is 2. The fraction of sp³-hybridized carbons (Fsp3) is 0.619. The molecule has 1 aromatic heterocycles. The number of carbonyl (C=O) groups is 5. The van der Waals surface area contributed by atoms with Gasteiger partial charge in [-0.15, -0.1) is 11.8 Å². The SMILES string of the molecule is CNCNC(CCC(=O)NC(CSC12C=CC3(CCCCCC14CCCC4)CC(Cc1ccncc1)=C(CCCO)C1C(=O)OC2=C13)C(=O)NC(O)C(=O)O)C(=O)O. The minimum absolute atomic E-state index is 0.0250. The number of rotatable bonds is 19. The Labute approximate surface area is 342 Å². The Kier molecular flexibility index (Phi) is 14.2. The van der Waals surface area contributed by atoms with Crippen molar-refractivity contribution in [3.63, 3.8) is 0 Å². The highest BCUT2D eigenvalue weighted by Gasteiger charge is 2.64. The Balaban J connectivity index is 1.41. The van der Waals surface area contributed by atoms with Crippen molar-refractivity contribution < 1.29 is 49.1 Å². The van der Waals surface area contributed by atoms with Gasteiger partial charge in [0, 0.05) is 43.3 Å². The van der Waals surface area contributed by atoms with E-state index in [1.165, 1.54) is 17.3 Å². The van der Waals surface area contributed by atoms with Crippen LogP contribution in [0.15, 0.2) is 59.2 Å². The van der Waals surface area contributed by atoms with E-state index in [0.29, 0.717) is 31.4 Å². The molecule has 2 bridgehead atoms. The van der Waals surface area contributed by atoms with Gasteiger partial charge in [-0.05, 0) is 93.5 Å². The first-order chi connectivity index (χ1) is 27.9. The third-order valence-electron chi connectivity index (χ3n) is 12.8. The van der Waals surface area contributed by atoms with Crippen LogP contribution in [0.2, 0.25) is 0 Å². The first kappa shape index (κ1) is 43.5. The van der Waals surface area contributed by atoms with Crippen molar-refractivity contribution in [1.82, 2.24) is 26.3 Å². The van der Waals surface area contributed by atoms with Gasteiger partial charge in [-0.2, -0.15) is 0 Å². The van der Waals surface area contributed by atoms with Gasteiger partial charge in [0.1, 0.15) is 23.8 Å². The molecule has 6 rings (SSSR count). The predicted molar refractivity (Wildman–Crippen MR) is 215 cm³/mol. The summed E-state index contributed by atoms with van der Waals surface area (Å²) in [6.07, 6.45) is 16.1. The zero-order valence-electron chi connectivity index (χ0n) is 33.1. The van der Waals surface area contributed by atoms with E-state index in [4.69, 9.17) is 4.74 Å². The molecule has 5 aliphatic rings. The first-order valence-corrected chi connectivity index (χ1v) is 21.5. The minimum atomic E-state index is -2.23. The summed E-state index contributed by atoms with van der Waals surface area (Å²) in [5.74, 6) is -4.79. The fourth-order valence-electron chi connectivity index (χ4n) is 10.1. The van der Waals surface area contributed by atoms with Crippen LogP contribution in [0.5, 0.6) is 0 Å². The first-order valence-electron chi connectivity index (χ1n) is 20.5. The Bertz CT molecular complexity index is 1810. The van der Waals surface area contributed by atoms with Crippen molar-refractivity contribution in [3.8, 4) is 0 Å². The number of pyridine rings is 1. The lowest BCUT2D eigenvalue weighted by molar-refractivity contribution is -0.151. The van der Waals surface area contributed by atoms with E-state index in [1.807, 2.05) is 12.1 Å². The summed E-state index contributed by atoms with van der Waals surface area (Å²) in [5.41, 5.74) is 3.36. The number of ether oxygens (including phenoxy) is 1. The normalized spacial score (nSPS) is 26.2. The second kappa shape index (κ2) is 18.9. The van der Waals surface area contributed by atoms with Gasteiger partial charge >= 0.3 is 17.9 Å². The van der Waals surface area contributed by atoms with Gasteiger partial charge in [0.15, 0.2) is 0 Å². The van der Waals surface area contributed by atoms with Gasteiger partial charge in [-0.3, -0.25) is 29.5 Å². The summed E-state index contributed by atoms with van der Waals surface area (Å²) in [6, 6.07) is 1.60. The summed E-state index contributed by atoms with van der Waals surface area (Å²) in [5, 5.41) is 49.6. The van der Waals surface area contributed by atoms with E-state index in [0.717, 1.165) is 74.5 Å². The van der Waals surface area contributed by atoms with E-state index < -0.39 is 58.1 Å². The molecule has 1 fully saturated rings. The van der Waals surface area contributed by atoms with Crippen LogP contribution in [0.4, 0.5) is 0 Å². The van der Waals surface area contributed by atoms with Gasteiger partial charge in [0.05, 0.1) is 4.75 Å². The Hall–Kier alpha value is -4.09. The summed E-state index contributed by atoms with van der Waals surface area (Å²) in [7, 11) is 1.65. The number of hydrogen-bond donors (Lipinski definition) is 8. The zero-order chi connectivity index (χ0) is 41.5. The highest BCUT2D eigenvalue weighted by atomic mass is 32.2. The largest absolute Gasteiger partial charge is 0.480 e. The molecule has 316 valence electrons. The molecule has 0 radical (unpaired) electrons. The molecule has 1 aromatic rings. The molecule has 2 amide bonds.